The summed E-state index contributed by atoms with van der Waals surface area (Å²) in [5.74, 6) is 1.07. The number of hydrogen-bond acceptors (Lipinski definition) is 3. The summed E-state index contributed by atoms with van der Waals surface area (Å²) in [7, 11) is 0. The lowest BCUT2D eigenvalue weighted by atomic mass is 10.0. The SMILES string of the molecule is CC(C)C(=NNC(=O)COc1ccc(C(C)C)cc1)c1ccccc1. The molecule has 0 bridgehead atoms. The molecule has 0 fully saturated rings. The van der Waals surface area contributed by atoms with Crippen LogP contribution in [0.25, 0.3) is 0 Å². The molecule has 0 aliphatic rings. The Morgan fingerprint density at radius 1 is 1.00 bits per heavy atom. The van der Waals surface area contributed by atoms with Crippen LogP contribution in [-0.4, -0.2) is 18.2 Å². The third-order valence-electron chi connectivity index (χ3n) is 3.83. The van der Waals surface area contributed by atoms with Crippen molar-refractivity contribution in [1.29, 1.82) is 0 Å². The molecule has 0 saturated carbocycles. The number of benzene rings is 2. The minimum absolute atomic E-state index is 0.0648. The first-order valence-corrected chi connectivity index (χ1v) is 8.62. The third kappa shape index (κ3) is 5.75. The first-order valence-electron chi connectivity index (χ1n) is 8.62. The summed E-state index contributed by atoms with van der Waals surface area (Å²) in [5, 5.41) is 4.28. The zero-order valence-corrected chi connectivity index (χ0v) is 15.3. The summed E-state index contributed by atoms with van der Waals surface area (Å²) in [6.07, 6.45) is 0. The van der Waals surface area contributed by atoms with E-state index in [1.165, 1.54) is 5.56 Å². The van der Waals surface area contributed by atoms with Crippen LogP contribution in [0.3, 0.4) is 0 Å². The average Bonchev–Trinajstić information content (AvgIpc) is 2.61. The van der Waals surface area contributed by atoms with E-state index in [-0.39, 0.29) is 18.4 Å². The van der Waals surface area contributed by atoms with Crippen molar-refractivity contribution >= 4 is 11.6 Å². The van der Waals surface area contributed by atoms with Gasteiger partial charge in [0.15, 0.2) is 6.61 Å². The van der Waals surface area contributed by atoms with Gasteiger partial charge in [-0.25, -0.2) is 5.43 Å². The van der Waals surface area contributed by atoms with E-state index < -0.39 is 0 Å². The van der Waals surface area contributed by atoms with E-state index in [0.717, 1.165) is 11.3 Å². The van der Waals surface area contributed by atoms with Gasteiger partial charge in [0.1, 0.15) is 5.75 Å². The minimum atomic E-state index is -0.276. The molecular formula is C21H26N2O2. The first kappa shape index (κ1) is 18.7. The number of nitrogens with one attached hydrogen (secondary N) is 1. The fourth-order valence-electron chi connectivity index (χ4n) is 2.39. The van der Waals surface area contributed by atoms with Crippen molar-refractivity contribution in [3.05, 3.63) is 65.7 Å². The third-order valence-corrected chi connectivity index (χ3v) is 3.83. The zero-order valence-electron chi connectivity index (χ0n) is 15.3. The number of ether oxygens (including phenoxy) is 1. The molecule has 4 heteroatoms. The number of nitrogens with zero attached hydrogens (tertiary/aromatic N) is 1. The fourth-order valence-corrected chi connectivity index (χ4v) is 2.39. The van der Waals surface area contributed by atoms with Crippen molar-refractivity contribution in [1.82, 2.24) is 5.43 Å². The van der Waals surface area contributed by atoms with Crippen molar-refractivity contribution in [3.63, 3.8) is 0 Å². The molecule has 2 rings (SSSR count). The Morgan fingerprint density at radius 2 is 1.64 bits per heavy atom. The van der Waals surface area contributed by atoms with Crippen LogP contribution in [0.15, 0.2) is 59.7 Å². The van der Waals surface area contributed by atoms with Crippen LogP contribution < -0.4 is 10.2 Å². The summed E-state index contributed by atoms with van der Waals surface area (Å²) in [5.41, 5.74) is 5.67. The van der Waals surface area contributed by atoms with E-state index in [2.05, 4.69) is 24.4 Å². The topological polar surface area (TPSA) is 50.7 Å². The van der Waals surface area contributed by atoms with Crippen LogP contribution in [0, 0.1) is 5.92 Å². The molecule has 0 spiro atoms. The van der Waals surface area contributed by atoms with Gasteiger partial charge in [-0.15, -0.1) is 0 Å². The molecule has 4 nitrogen and oxygen atoms in total. The van der Waals surface area contributed by atoms with Crippen molar-refractivity contribution in [2.75, 3.05) is 6.61 Å². The lowest BCUT2D eigenvalue weighted by Gasteiger charge is -2.11. The van der Waals surface area contributed by atoms with Gasteiger partial charge in [-0.05, 0) is 35.1 Å². The Labute approximate surface area is 149 Å². The first-order chi connectivity index (χ1) is 12.0. The lowest BCUT2D eigenvalue weighted by molar-refractivity contribution is -0.123. The Hall–Kier alpha value is -2.62. The quantitative estimate of drug-likeness (QED) is 0.602. The van der Waals surface area contributed by atoms with Gasteiger partial charge in [-0.3, -0.25) is 4.79 Å². The Kier molecular flexibility index (Phi) is 6.75. The molecule has 25 heavy (non-hydrogen) atoms. The number of carbonyl (C=O) groups is 1. The molecule has 0 aromatic heterocycles. The van der Waals surface area contributed by atoms with Gasteiger partial charge in [-0.1, -0.05) is 70.2 Å². The average molecular weight is 338 g/mol. The minimum Gasteiger partial charge on any atom is -0.484 e. The number of carbonyl (C=O) groups excluding carboxylic acids is 1. The van der Waals surface area contributed by atoms with Crippen molar-refractivity contribution < 1.29 is 9.53 Å². The fraction of sp³-hybridized carbons (Fsp3) is 0.333. The number of amides is 1. The maximum Gasteiger partial charge on any atom is 0.277 e. The monoisotopic (exact) mass is 338 g/mol. The molecule has 0 radical (unpaired) electrons. The van der Waals surface area contributed by atoms with Gasteiger partial charge in [0.25, 0.3) is 5.91 Å². The van der Waals surface area contributed by atoms with Crippen LogP contribution in [0.4, 0.5) is 0 Å². The normalized spacial score (nSPS) is 11.7. The summed E-state index contributed by atoms with van der Waals surface area (Å²) < 4.78 is 5.52. The standard InChI is InChI=1S/C21H26N2O2/c1-15(2)17-10-12-19(13-11-17)25-14-20(24)22-23-21(16(3)4)18-8-6-5-7-9-18/h5-13,15-16H,14H2,1-4H3,(H,22,24). The van der Waals surface area contributed by atoms with Crippen LogP contribution in [0.2, 0.25) is 0 Å². The molecule has 0 atom stereocenters. The molecule has 0 aliphatic heterocycles. The van der Waals surface area contributed by atoms with Gasteiger partial charge in [-0.2, -0.15) is 5.10 Å². The van der Waals surface area contributed by atoms with E-state index >= 15 is 0 Å². The van der Waals surface area contributed by atoms with Crippen LogP contribution in [-0.2, 0) is 4.79 Å². The van der Waals surface area contributed by atoms with E-state index in [4.69, 9.17) is 4.74 Å². The number of rotatable bonds is 7. The second-order valence-electron chi connectivity index (χ2n) is 6.57. The maximum absolute atomic E-state index is 12.0. The van der Waals surface area contributed by atoms with Gasteiger partial charge < -0.3 is 4.74 Å². The highest BCUT2D eigenvalue weighted by atomic mass is 16.5. The van der Waals surface area contributed by atoms with Gasteiger partial charge in [0.05, 0.1) is 5.71 Å². The number of hydrazone groups is 1. The second-order valence-corrected chi connectivity index (χ2v) is 6.57. The smallest absolute Gasteiger partial charge is 0.277 e. The van der Waals surface area contributed by atoms with E-state index in [0.29, 0.717) is 11.7 Å². The summed E-state index contributed by atoms with van der Waals surface area (Å²) in [6, 6.07) is 17.6. The Morgan fingerprint density at radius 3 is 2.20 bits per heavy atom. The molecule has 2 aromatic rings. The molecule has 0 unspecified atom stereocenters. The van der Waals surface area contributed by atoms with Crippen molar-refractivity contribution in [3.8, 4) is 5.75 Å². The van der Waals surface area contributed by atoms with Gasteiger partial charge in [0.2, 0.25) is 0 Å². The van der Waals surface area contributed by atoms with E-state index in [1.54, 1.807) is 0 Å². The van der Waals surface area contributed by atoms with Gasteiger partial charge >= 0.3 is 0 Å². The Bertz CT molecular complexity index is 704. The highest BCUT2D eigenvalue weighted by Crippen LogP contribution is 2.18. The number of hydrogen-bond donors (Lipinski definition) is 1. The van der Waals surface area contributed by atoms with Crippen LogP contribution >= 0.6 is 0 Å². The molecule has 0 saturated heterocycles. The van der Waals surface area contributed by atoms with Crippen molar-refractivity contribution in [2.45, 2.75) is 33.6 Å². The molecular weight excluding hydrogens is 312 g/mol. The Balaban J connectivity index is 1.92. The van der Waals surface area contributed by atoms with Crippen LogP contribution in [0.5, 0.6) is 5.75 Å². The summed E-state index contributed by atoms with van der Waals surface area (Å²) in [6.45, 7) is 8.31. The zero-order chi connectivity index (χ0) is 18.2. The molecule has 0 heterocycles. The molecule has 1 N–H and O–H groups in total. The molecule has 0 aliphatic carbocycles. The van der Waals surface area contributed by atoms with E-state index in [1.807, 2.05) is 68.4 Å². The second kappa shape index (κ2) is 9.02. The lowest BCUT2D eigenvalue weighted by Crippen LogP contribution is -2.27. The predicted molar refractivity (Wildman–Crippen MR) is 102 cm³/mol. The summed E-state index contributed by atoms with van der Waals surface area (Å²) >= 11 is 0. The van der Waals surface area contributed by atoms with Crippen LogP contribution in [0.1, 0.15) is 44.7 Å². The molecule has 1 amide bonds. The maximum atomic E-state index is 12.0. The van der Waals surface area contributed by atoms with E-state index in [9.17, 15) is 4.79 Å². The molecule has 2 aromatic carbocycles. The molecule has 132 valence electrons. The predicted octanol–water partition coefficient (Wildman–Crippen LogP) is 4.37. The van der Waals surface area contributed by atoms with Crippen molar-refractivity contribution in [2.24, 2.45) is 11.0 Å². The van der Waals surface area contributed by atoms with Gasteiger partial charge in [0, 0.05) is 0 Å². The highest BCUT2D eigenvalue weighted by molar-refractivity contribution is 6.02. The highest BCUT2D eigenvalue weighted by Gasteiger charge is 2.09. The largest absolute Gasteiger partial charge is 0.484 e. The summed E-state index contributed by atoms with van der Waals surface area (Å²) in [4.78, 5) is 12.0.